The second kappa shape index (κ2) is 6.51. The van der Waals surface area contributed by atoms with Gasteiger partial charge in [0.1, 0.15) is 0 Å². The van der Waals surface area contributed by atoms with Gasteiger partial charge in [0.15, 0.2) is 0 Å². The van der Waals surface area contributed by atoms with Gasteiger partial charge in [-0.05, 0) is 56.7 Å². The fourth-order valence-electron chi connectivity index (χ4n) is 2.80. The highest BCUT2D eigenvalue weighted by Gasteiger charge is 2.29. The molecule has 0 aliphatic rings. The van der Waals surface area contributed by atoms with Crippen LogP contribution in [0.15, 0.2) is 18.2 Å². The van der Waals surface area contributed by atoms with Crippen LogP contribution in [0.25, 0.3) is 0 Å². The van der Waals surface area contributed by atoms with E-state index in [9.17, 15) is 9.59 Å². The molecule has 122 valence electrons. The third kappa shape index (κ3) is 5.51. The molecule has 1 aromatic rings. The highest BCUT2D eigenvalue weighted by molar-refractivity contribution is 6.39. The van der Waals surface area contributed by atoms with Crippen molar-refractivity contribution in [1.82, 2.24) is 5.32 Å². The van der Waals surface area contributed by atoms with E-state index in [1.165, 1.54) is 0 Å². The van der Waals surface area contributed by atoms with Crippen molar-refractivity contribution in [2.45, 2.75) is 60.4 Å². The molecule has 0 bridgehead atoms. The Bertz CT molecular complexity index is 569. The quantitative estimate of drug-likeness (QED) is 0.839. The Balaban J connectivity index is 2.74. The maximum atomic E-state index is 12.1. The normalized spacial score (nSPS) is 12.0. The summed E-state index contributed by atoms with van der Waals surface area (Å²) in [7, 11) is 0. The third-order valence-electron chi connectivity index (χ3n) is 3.48. The predicted molar refractivity (Wildman–Crippen MR) is 90.8 cm³/mol. The van der Waals surface area contributed by atoms with Gasteiger partial charge in [-0.3, -0.25) is 9.59 Å². The fourth-order valence-corrected chi connectivity index (χ4v) is 2.80. The Morgan fingerprint density at radius 3 is 2.14 bits per heavy atom. The molecule has 4 nitrogen and oxygen atoms in total. The maximum Gasteiger partial charge on any atom is 0.313 e. The SMILES string of the molecule is Cc1cccc(NC(=O)C(=O)NC(C)(C)CC(C)(C)C)c1C. The second-order valence-corrected chi connectivity index (χ2v) is 7.78. The number of hydrogen-bond acceptors (Lipinski definition) is 2. The van der Waals surface area contributed by atoms with Crippen molar-refractivity contribution in [3.05, 3.63) is 29.3 Å². The van der Waals surface area contributed by atoms with Crippen molar-refractivity contribution >= 4 is 17.5 Å². The van der Waals surface area contributed by atoms with Crippen LogP contribution >= 0.6 is 0 Å². The van der Waals surface area contributed by atoms with Crippen LogP contribution in [0.3, 0.4) is 0 Å². The van der Waals surface area contributed by atoms with Gasteiger partial charge in [0.05, 0.1) is 0 Å². The molecule has 0 fully saturated rings. The lowest BCUT2D eigenvalue weighted by molar-refractivity contribution is -0.137. The van der Waals surface area contributed by atoms with Crippen molar-refractivity contribution in [2.24, 2.45) is 5.41 Å². The molecular weight excluding hydrogens is 276 g/mol. The predicted octanol–water partition coefficient (Wildman–Crippen LogP) is 3.57. The monoisotopic (exact) mass is 304 g/mol. The van der Waals surface area contributed by atoms with Crippen LogP contribution in [0.5, 0.6) is 0 Å². The molecule has 0 saturated heterocycles. The zero-order valence-corrected chi connectivity index (χ0v) is 14.8. The van der Waals surface area contributed by atoms with Gasteiger partial charge in [-0.1, -0.05) is 32.9 Å². The number of benzene rings is 1. The molecule has 0 unspecified atom stereocenters. The summed E-state index contributed by atoms with van der Waals surface area (Å²) in [5.41, 5.74) is 2.35. The van der Waals surface area contributed by atoms with E-state index in [1.54, 1.807) is 6.07 Å². The first kappa shape index (κ1) is 18.2. The summed E-state index contributed by atoms with van der Waals surface area (Å²) in [4.78, 5) is 24.2. The summed E-state index contributed by atoms with van der Waals surface area (Å²) < 4.78 is 0. The van der Waals surface area contributed by atoms with Crippen molar-refractivity contribution in [3.8, 4) is 0 Å². The largest absolute Gasteiger partial charge is 0.343 e. The number of amides is 2. The smallest absolute Gasteiger partial charge is 0.313 e. The van der Waals surface area contributed by atoms with Crippen LogP contribution in [0.1, 0.15) is 52.2 Å². The molecule has 4 heteroatoms. The molecule has 0 aromatic heterocycles. The zero-order chi connectivity index (χ0) is 17.1. The number of carbonyl (C=O) groups excluding carboxylic acids is 2. The topological polar surface area (TPSA) is 58.2 Å². The number of nitrogens with one attached hydrogen (secondary N) is 2. The highest BCUT2D eigenvalue weighted by Crippen LogP contribution is 2.26. The summed E-state index contributed by atoms with van der Waals surface area (Å²) in [5, 5.41) is 5.50. The molecule has 22 heavy (non-hydrogen) atoms. The molecular formula is C18H28N2O2. The van der Waals surface area contributed by atoms with Gasteiger partial charge in [0, 0.05) is 11.2 Å². The van der Waals surface area contributed by atoms with Crippen LogP contribution in [-0.4, -0.2) is 17.4 Å². The summed E-state index contributed by atoms with van der Waals surface area (Å²) in [6.45, 7) is 14.1. The lowest BCUT2D eigenvalue weighted by Gasteiger charge is -2.33. The van der Waals surface area contributed by atoms with E-state index < -0.39 is 17.4 Å². The Morgan fingerprint density at radius 2 is 1.59 bits per heavy atom. The molecule has 0 aliphatic carbocycles. The molecule has 2 amide bonds. The minimum Gasteiger partial charge on any atom is -0.343 e. The summed E-state index contributed by atoms with van der Waals surface area (Å²) in [6.07, 6.45) is 0.780. The van der Waals surface area contributed by atoms with E-state index in [4.69, 9.17) is 0 Å². The highest BCUT2D eigenvalue weighted by atomic mass is 16.2. The Labute approximate surface area is 133 Å². The molecule has 0 saturated carbocycles. The molecule has 2 N–H and O–H groups in total. The molecule has 0 spiro atoms. The third-order valence-corrected chi connectivity index (χ3v) is 3.48. The van der Waals surface area contributed by atoms with E-state index in [0.29, 0.717) is 5.69 Å². The van der Waals surface area contributed by atoms with Gasteiger partial charge in [-0.25, -0.2) is 0 Å². The van der Waals surface area contributed by atoms with Crippen LogP contribution < -0.4 is 10.6 Å². The molecule has 1 rings (SSSR count). The molecule has 0 aliphatic heterocycles. The number of aryl methyl sites for hydroxylation is 1. The van der Waals surface area contributed by atoms with E-state index in [0.717, 1.165) is 17.5 Å². The lowest BCUT2D eigenvalue weighted by atomic mass is 9.82. The Hall–Kier alpha value is -1.84. The minimum absolute atomic E-state index is 0.0698. The number of hydrogen-bond donors (Lipinski definition) is 2. The average Bonchev–Trinajstić information content (AvgIpc) is 2.31. The summed E-state index contributed by atoms with van der Waals surface area (Å²) in [6, 6.07) is 5.63. The van der Waals surface area contributed by atoms with E-state index in [1.807, 2.05) is 39.8 Å². The van der Waals surface area contributed by atoms with Gasteiger partial charge < -0.3 is 10.6 Å². The molecule has 0 radical (unpaired) electrons. The average molecular weight is 304 g/mol. The lowest BCUT2D eigenvalue weighted by Crippen LogP contribution is -2.49. The van der Waals surface area contributed by atoms with Gasteiger partial charge in [0.2, 0.25) is 0 Å². The second-order valence-electron chi connectivity index (χ2n) is 7.78. The zero-order valence-electron chi connectivity index (χ0n) is 14.8. The van der Waals surface area contributed by atoms with E-state index >= 15 is 0 Å². The molecule has 1 aromatic carbocycles. The number of rotatable bonds is 3. The minimum atomic E-state index is -0.629. The van der Waals surface area contributed by atoms with Gasteiger partial charge in [-0.2, -0.15) is 0 Å². The first-order valence-electron chi connectivity index (χ1n) is 7.61. The summed E-state index contributed by atoms with van der Waals surface area (Å²) in [5.74, 6) is -1.23. The van der Waals surface area contributed by atoms with Crippen molar-refractivity contribution in [3.63, 3.8) is 0 Å². The molecule has 0 atom stereocenters. The Kier molecular flexibility index (Phi) is 5.39. The summed E-state index contributed by atoms with van der Waals surface area (Å²) >= 11 is 0. The number of carbonyl (C=O) groups is 2. The fraction of sp³-hybridized carbons (Fsp3) is 0.556. The van der Waals surface area contributed by atoms with Gasteiger partial charge in [-0.15, -0.1) is 0 Å². The van der Waals surface area contributed by atoms with E-state index in [-0.39, 0.29) is 5.41 Å². The first-order valence-corrected chi connectivity index (χ1v) is 7.61. The van der Waals surface area contributed by atoms with Crippen molar-refractivity contribution in [2.75, 3.05) is 5.32 Å². The Morgan fingerprint density at radius 1 is 1.00 bits per heavy atom. The van der Waals surface area contributed by atoms with Crippen molar-refractivity contribution in [1.29, 1.82) is 0 Å². The number of anilines is 1. The van der Waals surface area contributed by atoms with Gasteiger partial charge in [0.25, 0.3) is 0 Å². The van der Waals surface area contributed by atoms with E-state index in [2.05, 4.69) is 31.4 Å². The van der Waals surface area contributed by atoms with Crippen LogP contribution in [-0.2, 0) is 9.59 Å². The van der Waals surface area contributed by atoms with Crippen LogP contribution in [0, 0.1) is 19.3 Å². The first-order chi connectivity index (χ1) is 9.91. The van der Waals surface area contributed by atoms with Crippen LogP contribution in [0.2, 0.25) is 0 Å². The van der Waals surface area contributed by atoms with Crippen LogP contribution in [0.4, 0.5) is 5.69 Å². The van der Waals surface area contributed by atoms with Gasteiger partial charge >= 0.3 is 11.8 Å². The van der Waals surface area contributed by atoms with Crippen molar-refractivity contribution < 1.29 is 9.59 Å². The standard InChI is InChI=1S/C18H28N2O2/c1-12-9-8-10-14(13(12)2)19-15(21)16(22)20-18(6,7)11-17(3,4)5/h8-10H,11H2,1-7H3,(H,19,21)(H,20,22). The molecule has 0 heterocycles. The maximum absolute atomic E-state index is 12.1.